The van der Waals surface area contributed by atoms with Crippen molar-refractivity contribution in [2.75, 3.05) is 13.1 Å². The van der Waals surface area contributed by atoms with Gasteiger partial charge in [-0.05, 0) is 0 Å². The van der Waals surface area contributed by atoms with Crippen LogP contribution in [-0.4, -0.2) is 40.0 Å². The van der Waals surface area contributed by atoms with E-state index in [1.54, 1.807) is 6.20 Å². The third kappa shape index (κ3) is 5.09. The van der Waals surface area contributed by atoms with Crippen molar-refractivity contribution in [1.29, 1.82) is 0 Å². The summed E-state index contributed by atoms with van der Waals surface area (Å²) in [5.41, 5.74) is 4.90. The topological polar surface area (TPSA) is 110 Å². The molecule has 0 saturated carbocycles. The van der Waals surface area contributed by atoms with Gasteiger partial charge in [-0.1, -0.05) is 20.8 Å². The Morgan fingerprint density at radius 2 is 2.05 bits per heavy atom. The molecule has 0 unspecified atom stereocenters. The molecule has 7 nitrogen and oxygen atoms in total. The highest BCUT2D eigenvalue weighted by Gasteiger charge is 2.21. The first-order valence-electron chi connectivity index (χ1n) is 5.86. The number of carboxylic acids is 1. The SMILES string of the molecule is CC(C)(C)c1cnc(CN(CC(N)=O)CC(=O)O)o1. The van der Waals surface area contributed by atoms with Crippen molar-refractivity contribution in [2.24, 2.45) is 5.73 Å². The van der Waals surface area contributed by atoms with Gasteiger partial charge in [-0.25, -0.2) is 4.98 Å². The van der Waals surface area contributed by atoms with E-state index in [4.69, 9.17) is 15.3 Å². The number of carboxylic acid groups (broad SMARTS) is 1. The van der Waals surface area contributed by atoms with Gasteiger partial charge in [0.1, 0.15) is 5.76 Å². The first-order chi connectivity index (χ1) is 8.68. The summed E-state index contributed by atoms with van der Waals surface area (Å²) < 4.78 is 5.54. The van der Waals surface area contributed by atoms with Gasteiger partial charge in [-0.2, -0.15) is 0 Å². The quantitative estimate of drug-likeness (QED) is 0.770. The number of nitrogens with two attached hydrogens (primary N) is 1. The maximum absolute atomic E-state index is 10.9. The zero-order valence-corrected chi connectivity index (χ0v) is 11.3. The number of aliphatic carboxylic acids is 1. The Hall–Kier alpha value is -1.89. The smallest absolute Gasteiger partial charge is 0.317 e. The van der Waals surface area contributed by atoms with Crippen LogP contribution in [0.15, 0.2) is 10.6 Å². The number of carbonyl (C=O) groups is 2. The number of aromatic nitrogens is 1. The maximum Gasteiger partial charge on any atom is 0.317 e. The summed E-state index contributed by atoms with van der Waals surface area (Å²) in [5, 5.41) is 8.76. The van der Waals surface area contributed by atoms with Crippen molar-refractivity contribution in [2.45, 2.75) is 32.7 Å². The van der Waals surface area contributed by atoms with Crippen LogP contribution in [0.2, 0.25) is 0 Å². The van der Waals surface area contributed by atoms with Crippen molar-refractivity contribution in [3.05, 3.63) is 17.8 Å². The second-order valence-electron chi connectivity index (χ2n) is 5.37. The highest BCUT2D eigenvalue weighted by atomic mass is 16.4. The molecule has 1 heterocycles. The van der Waals surface area contributed by atoms with Gasteiger partial charge in [0.25, 0.3) is 0 Å². The summed E-state index contributed by atoms with van der Waals surface area (Å²) >= 11 is 0. The maximum atomic E-state index is 10.9. The minimum atomic E-state index is -1.04. The Morgan fingerprint density at radius 1 is 1.42 bits per heavy atom. The van der Waals surface area contributed by atoms with Gasteiger partial charge < -0.3 is 15.3 Å². The molecule has 1 aromatic heterocycles. The summed E-state index contributed by atoms with van der Waals surface area (Å²) in [6.45, 7) is 5.63. The van der Waals surface area contributed by atoms with Gasteiger partial charge in [-0.15, -0.1) is 0 Å². The Balaban J connectivity index is 2.75. The van der Waals surface area contributed by atoms with Gasteiger partial charge in [0.2, 0.25) is 11.8 Å². The molecule has 106 valence electrons. The summed E-state index contributed by atoms with van der Waals surface area (Å²) in [5.74, 6) is -0.558. The van der Waals surface area contributed by atoms with E-state index in [1.807, 2.05) is 20.8 Å². The first kappa shape index (κ1) is 15.2. The molecule has 0 aliphatic heterocycles. The molecule has 7 heteroatoms. The van der Waals surface area contributed by atoms with Crippen LogP contribution in [0.4, 0.5) is 0 Å². The highest BCUT2D eigenvalue weighted by Crippen LogP contribution is 2.22. The molecule has 3 N–H and O–H groups in total. The average Bonchev–Trinajstić information content (AvgIpc) is 2.62. The van der Waals surface area contributed by atoms with Gasteiger partial charge in [0.05, 0.1) is 25.8 Å². The van der Waals surface area contributed by atoms with E-state index in [-0.39, 0.29) is 25.0 Å². The van der Waals surface area contributed by atoms with Crippen molar-refractivity contribution in [1.82, 2.24) is 9.88 Å². The van der Waals surface area contributed by atoms with Crippen LogP contribution in [0, 0.1) is 0 Å². The van der Waals surface area contributed by atoms with E-state index >= 15 is 0 Å². The fourth-order valence-electron chi connectivity index (χ4n) is 1.50. The van der Waals surface area contributed by atoms with Crippen LogP contribution in [0.1, 0.15) is 32.4 Å². The van der Waals surface area contributed by atoms with Gasteiger partial charge >= 0.3 is 5.97 Å². The summed E-state index contributed by atoms with van der Waals surface area (Å²) in [4.78, 5) is 27.0. The average molecular weight is 269 g/mol. The van der Waals surface area contributed by atoms with E-state index in [0.717, 1.165) is 0 Å². The van der Waals surface area contributed by atoms with Crippen LogP contribution in [0.3, 0.4) is 0 Å². The van der Waals surface area contributed by atoms with Gasteiger partial charge in [0, 0.05) is 5.41 Å². The molecule has 0 aliphatic rings. The number of hydrogen-bond acceptors (Lipinski definition) is 5. The molecule has 19 heavy (non-hydrogen) atoms. The van der Waals surface area contributed by atoms with E-state index in [1.165, 1.54) is 4.90 Å². The lowest BCUT2D eigenvalue weighted by atomic mass is 9.94. The van der Waals surface area contributed by atoms with Crippen LogP contribution in [0.5, 0.6) is 0 Å². The summed E-state index contributed by atoms with van der Waals surface area (Å²) in [7, 11) is 0. The minimum absolute atomic E-state index is 0.130. The molecule has 0 spiro atoms. The van der Waals surface area contributed by atoms with Crippen LogP contribution in [-0.2, 0) is 21.5 Å². The molecule has 0 atom stereocenters. The number of carbonyl (C=O) groups excluding carboxylic acids is 1. The van der Waals surface area contributed by atoms with Gasteiger partial charge in [-0.3, -0.25) is 14.5 Å². The highest BCUT2D eigenvalue weighted by molar-refractivity contribution is 5.77. The summed E-state index contributed by atoms with van der Waals surface area (Å²) in [6, 6.07) is 0. The molecule has 0 bridgehead atoms. The monoisotopic (exact) mass is 269 g/mol. The third-order valence-electron chi connectivity index (χ3n) is 2.39. The fraction of sp³-hybridized carbons (Fsp3) is 0.583. The molecule has 0 aliphatic carbocycles. The minimum Gasteiger partial charge on any atom is -0.480 e. The molecule has 1 amide bonds. The van der Waals surface area contributed by atoms with Crippen molar-refractivity contribution in [3.63, 3.8) is 0 Å². The lowest BCUT2D eigenvalue weighted by molar-refractivity contribution is -0.138. The number of oxazole rings is 1. The Bertz CT molecular complexity index is 446. The van der Waals surface area contributed by atoms with Crippen LogP contribution < -0.4 is 5.73 Å². The largest absolute Gasteiger partial charge is 0.480 e. The second-order valence-corrected chi connectivity index (χ2v) is 5.37. The zero-order chi connectivity index (χ0) is 14.6. The predicted molar refractivity (Wildman–Crippen MR) is 67.3 cm³/mol. The van der Waals surface area contributed by atoms with Crippen molar-refractivity contribution < 1.29 is 19.1 Å². The molecule has 0 radical (unpaired) electrons. The van der Waals surface area contributed by atoms with E-state index < -0.39 is 11.9 Å². The standard InChI is InChI=1S/C12H19N3O4/c1-12(2,3)8-4-14-10(19-8)6-15(5-9(13)16)7-11(17)18/h4H,5-7H2,1-3H3,(H2,13,16)(H,17,18). The van der Waals surface area contributed by atoms with Gasteiger partial charge in [0.15, 0.2) is 0 Å². The Labute approximate surface area is 111 Å². The normalized spacial score (nSPS) is 11.8. The molecular weight excluding hydrogens is 250 g/mol. The Kier molecular flexibility index (Phi) is 4.66. The lowest BCUT2D eigenvalue weighted by Crippen LogP contribution is -2.36. The second kappa shape index (κ2) is 5.83. The summed E-state index contributed by atoms with van der Waals surface area (Å²) in [6.07, 6.45) is 1.61. The van der Waals surface area contributed by atoms with E-state index in [9.17, 15) is 9.59 Å². The Morgan fingerprint density at radius 3 is 2.47 bits per heavy atom. The van der Waals surface area contributed by atoms with Crippen LogP contribution >= 0.6 is 0 Å². The number of primary amides is 1. The number of rotatable bonds is 6. The molecule has 1 aromatic rings. The first-order valence-corrected chi connectivity index (χ1v) is 5.86. The van der Waals surface area contributed by atoms with Crippen LogP contribution in [0.25, 0.3) is 0 Å². The molecule has 0 aromatic carbocycles. The van der Waals surface area contributed by atoms with E-state index in [0.29, 0.717) is 11.7 Å². The number of hydrogen-bond donors (Lipinski definition) is 2. The van der Waals surface area contributed by atoms with Crippen molar-refractivity contribution in [3.8, 4) is 0 Å². The third-order valence-corrected chi connectivity index (χ3v) is 2.39. The lowest BCUT2D eigenvalue weighted by Gasteiger charge is -2.16. The fourth-order valence-corrected chi connectivity index (χ4v) is 1.50. The molecule has 0 fully saturated rings. The zero-order valence-electron chi connectivity index (χ0n) is 11.3. The molecule has 1 rings (SSSR count). The van der Waals surface area contributed by atoms with E-state index in [2.05, 4.69) is 4.98 Å². The number of amides is 1. The predicted octanol–water partition coefficient (Wildman–Crippen LogP) is 0.344. The number of nitrogens with zero attached hydrogens (tertiary/aromatic N) is 2. The molecular formula is C12H19N3O4. The van der Waals surface area contributed by atoms with Crippen molar-refractivity contribution >= 4 is 11.9 Å². The molecule has 0 saturated heterocycles.